The molecular weight excluding hydrogens is 397 g/mol. The first-order chi connectivity index (χ1) is 10.2. The molecule has 0 aromatic carbocycles. The molecule has 3 fully saturated rings. The van der Waals surface area contributed by atoms with Crippen LogP contribution >= 0.6 is 33.9 Å². The van der Waals surface area contributed by atoms with Crippen molar-refractivity contribution in [2.45, 2.75) is 18.9 Å². The lowest BCUT2D eigenvalue weighted by Gasteiger charge is -2.44. The second-order valence-corrected chi connectivity index (χ2v) is 7.94. The third kappa shape index (κ3) is 2.57. The van der Waals surface area contributed by atoms with Gasteiger partial charge >= 0.3 is 0 Å². The standard InChI is InChI=1S/C15H16IN3OS/c16-11-8-21-14-6-17-12(5-10(11)14)15(20)18-13-7-19-3-1-9(13)2-4-19/h5-6,8-9,13H,1-4,7H2,(H,18,20). The Labute approximate surface area is 141 Å². The third-order valence-electron chi connectivity index (χ3n) is 4.62. The Morgan fingerprint density at radius 2 is 2.24 bits per heavy atom. The highest BCUT2D eigenvalue weighted by Crippen LogP contribution is 2.29. The summed E-state index contributed by atoms with van der Waals surface area (Å²) in [6, 6.07) is 2.21. The predicted octanol–water partition coefficient (Wildman–Crippen LogP) is 2.72. The average molecular weight is 413 g/mol. The lowest BCUT2D eigenvalue weighted by molar-refractivity contribution is 0.0618. The number of hydrogen-bond acceptors (Lipinski definition) is 4. The van der Waals surface area contributed by atoms with Crippen LogP contribution < -0.4 is 5.32 Å². The second kappa shape index (κ2) is 5.48. The van der Waals surface area contributed by atoms with Crippen LogP contribution in [0.15, 0.2) is 17.6 Å². The van der Waals surface area contributed by atoms with Gasteiger partial charge in [-0.05, 0) is 60.5 Å². The number of nitrogens with zero attached hydrogens (tertiary/aromatic N) is 2. The fraction of sp³-hybridized carbons (Fsp3) is 0.467. The van der Waals surface area contributed by atoms with Gasteiger partial charge in [0.2, 0.25) is 0 Å². The molecule has 1 amide bonds. The van der Waals surface area contributed by atoms with Crippen molar-refractivity contribution in [3.05, 3.63) is 26.9 Å². The maximum Gasteiger partial charge on any atom is 0.270 e. The van der Waals surface area contributed by atoms with E-state index in [1.807, 2.05) is 12.3 Å². The van der Waals surface area contributed by atoms with E-state index in [0.717, 1.165) is 16.6 Å². The van der Waals surface area contributed by atoms with E-state index in [2.05, 4.69) is 43.2 Å². The minimum absolute atomic E-state index is 0.0300. The number of hydrogen-bond donors (Lipinski definition) is 1. The van der Waals surface area contributed by atoms with E-state index < -0.39 is 0 Å². The monoisotopic (exact) mass is 413 g/mol. The van der Waals surface area contributed by atoms with Gasteiger partial charge in [-0.3, -0.25) is 4.79 Å². The summed E-state index contributed by atoms with van der Waals surface area (Å²) in [4.78, 5) is 19.3. The summed E-state index contributed by atoms with van der Waals surface area (Å²) in [5.74, 6) is 0.613. The van der Waals surface area contributed by atoms with Crippen LogP contribution in [0.5, 0.6) is 0 Å². The normalized spacial score (nSPS) is 28.0. The van der Waals surface area contributed by atoms with Crippen molar-refractivity contribution in [3.8, 4) is 0 Å². The summed E-state index contributed by atoms with van der Waals surface area (Å²) >= 11 is 3.98. The number of thiophene rings is 1. The van der Waals surface area contributed by atoms with Crippen LogP contribution in [0, 0.1) is 9.49 Å². The first kappa shape index (κ1) is 13.9. The number of pyridine rings is 1. The molecule has 0 radical (unpaired) electrons. The van der Waals surface area contributed by atoms with Gasteiger partial charge in [-0.15, -0.1) is 11.3 Å². The zero-order chi connectivity index (χ0) is 14.4. The Balaban J connectivity index is 1.54. The van der Waals surface area contributed by atoms with Gasteiger partial charge in [0, 0.05) is 33.1 Å². The Morgan fingerprint density at radius 3 is 2.95 bits per heavy atom. The molecule has 3 aliphatic rings. The van der Waals surface area contributed by atoms with Gasteiger partial charge in [0.05, 0.1) is 4.70 Å². The van der Waals surface area contributed by atoms with Gasteiger partial charge in [0.25, 0.3) is 5.91 Å². The molecule has 3 aliphatic heterocycles. The molecule has 2 aromatic heterocycles. The van der Waals surface area contributed by atoms with Crippen LogP contribution in [-0.2, 0) is 0 Å². The van der Waals surface area contributed by atoms with E-state index in [1.54, 1.807) is 11.3 Å². The van der Waals surface area contributed by atoms with Crippen LogP contribution in [-0.4, -0.2) is 41.5 Å². The third-order valence-corrected chi connectivity index (χ3v) is 6.87. The van der Waals surface area contributed by atoms with Gasteiger partial charge in [-0.2, -0.15) is 0 Å². The number of carbonyl (C=O) groups excluding carboxylic acids is 1. The average Bonchev–Trinajstić information content (AvgIpc) is 2.89. The number of piperidine rings is 3. The fourth-order valence-electron chi connectivity index (χ4n) is 3.40. The molecule has 3 saturated heterocycles. The molecule has 4 nitrogen and oxygen atoms in total. The van der Waals surface area contributed by atoms with Crippen molar-refractivity contribution in [2.24, 2.45) is 5.92 Å². The number of rotatable bonds is 2. The van der Waals surface area contributed by atoms with Gasteiger partial charge in [-0.1, -0.05) is 0 Å². The molecule has 0 spiro atoms. The first-order valence-corrected chi connectivity index (χ1v) is 9.22. The van der Waals surface area contributed by atoms with Gasteiger partial charge in [-0.25, -0.2) is 4.98 Å². The molecule has 6 heteroatoms. The van der Waals surface area contributed by atoms with Crippen molar-refractivity contribution < 1.29 is 4.79 Å². The van der Waals surface area contributed by atoms with Crippen LogP contribution in [0.4, 0.5) is 0 Å². The first-order valence-electron chi connectivity index (χ1n) is 7.26. The van der Waals surface area contributed by atoms with E-state index in [1.165, 1.54) is 29.5 Å². The quantitative estimate of drug-likeness (QED) is 0.771. The smallest absolute Gasteiger partial charge is 0.270 e. The Morgan fingerprint density at radius 1 is 1.43 bits per heavy atom. The highest BCUT2D eigenvalue weighted by molar-refractivity contribution is 14.1. The molecular formula is C15H16IN3OS. The van der Waals surface area contributed by atoms with E-state index in [9.17, 15) is 4.79 Å². The van der Waals surface area contributed by atoms with E-state index >= 15 is 0 Å². The fourth-order valence-corrected chi connectivity index (χ4v) is 5.17. The van der Waals surface area contributed by atoms with Crippen LogP contribution in [0.1, 0.15) is 23.3 Å². The Kier molecular flexibility index (Phi) is 3.63. The summed E-state index contributed by atoms with van der Waals surface area (Å²) < 4.78 is 2.32. The SMILES string of the molecule is O=C(NC1CN2CCC1CC2)c1cc2c(I)csc2cn1. The number of carbonyl (C=O) groups is 1. The van der Waals surface area contributed by atoms with Gasteiger partial charge < -0.3 is 10.2 Å². The van der Waals surface area contributed by atoms with Gasteiger partial charge in [0.15, 0.2) is 0 Å². The topological polar surface area (TPSA) is 45.2 Å². The molecule has 1 unspecified atom stereocenters. The maximum absolute atomic E-state index is 12.5. The second-order valence-electron chi connectivity index (χ2n) is 5.87. The van der Waals surface area contributed by atoms with Crippen molar-refractivity contribution in [3.63, 3.8) is 0 Å². The zero-order valence-electron chi connectivity index (χ0n) is 11.5. The largest absolute Gasteiger partial charge is 0.346 e. The molecule has 2 aromatic rings. The summed E-state index contributed by atoms with van der Waals surface area (Å²) in [5.41, 5.74) is 0.537. The van der Waals surface area contributed by atoms with Crippen molar-refractivity contribution in [1.29, 1.82) is 0 Å². The maximum atomic E-state index is 12.5. The molecule has 1 N–H and O–H groups in total. The van der Waals surface area contributed by atoms with Crippen molar-refractivity contribution in [1.82, 2.24) is 15.2 Å². The Hall–Kier alpha value is -0.730. The molecule has 0 saturated carbocycles. The molecule has 1 atom stereocenters. The highest BCUT2D eigenvalue weighted by atomic mass is 127. The molecule has 5 heterocycles. The van der Waals surface area contributed by atoms with Crippen molar-refractivity contribution >= 4 is 49.9 Å². The van der Waals surface area contributed by atoms with Crippen LogP contribution in [0.25, 0.3) is 10.1 Å². The number of nitrogens with one attached hydrogen (secondary N) is 1. The van der Waals surface area contributed by atoms with Crippen LogP contribution in [0.2, 0.25) is 0 Å². The number of amides is 1. The summed E-state index contributed by atoms with van der Waals surface area (Å²) in [6.07, 6.45) is 4.23. The molecule has 2 bridgehead atoms. The molecule has 110 valence electrons. The predicted molar refractivity (Wildman–Crippen MR) is 92.8 cm³/mol. The van der Waals surface area contributed by atoms with E-state index in [-0.39, 0.29) is 5.91 Å². The lowest BCUT2D eigenvalue weighted by Crippen LogP contribution is -2.57. The number of aromatic nitrogens is 1. The number of fused-ring (bicyclic) bond motifs is 4. The van der Waals surface area contributed by atoms with Crippen LogP contribution in [0.3, 0.4) is 0 Å². The Bertz CT molecular complexity index is 693. The minimum Gasteiger partial charge on any atom is -0.346 e. The summed E-state index contributed by atoms with van der Waals surface area (Å²) in [7, 11) is 0. The number of halogens is 1. The zero-order valence-corrected chi connectivity index (χ0v) is 14.5. The molecule has 21 heavy (non-hydrogen) atoms. The summed E-state index contributed by atoms with van der Waals surface area (Å²) in [6.45, 7) is 3.37. The van der Waals surface area contributed by atoms with Gasteiger partial charge in [0.1, 0.15) is 5.69 Å². The molecule has 0 aliphatic carbocycles. The summed E-state index contributed by atoms with van der Waals surface area (Å²) in [5, 5.41) is 6.43. The molecule has 5 rings (SSSR count). The lowest BCUT2D eigenvalue weighted by atomic mass is 9.84. The minimum atomic E-state index is -0.0300. The van der Waals surface area contributed by atoms with Crippen molar-refractivity contribution in [2.75, 3.05) is 19.6 Å². The van der Waals surface area contributed by atoms with E-state index in [4.69, 9.17) is 0 Å². The van der Waals surface area contributed by atoms with E-state index in [0.29, 0.717) is 17.7 Å². The highest BCUT2D eigenvalue weighted by Gasteiger charge is 2.35.